The third-order valence-corrected chi connectivity index (χ3v) is 6.88. The minimum atomic E-state index is -0.484. The van der Waals surface area contributed by atoms with Gasteiger partial charge in [0, 0.05) is 0 Å². The second-order valence-electron chi connectivity index (χ2n) is 13.0. The van der Waals surface area contributed by atoms with Gasteiger partial charge in [-0.05, 0) is 77.2 Å². The summed E-state index contributed by atoms with van der Waals surface area (Å²) >= 11 is 0. The number of hydrogen-bond donors (Lipinski definition) is 0. The predicted octanol–water partition coefficient (Wildman–Crippen LogP) is 6.19. The molecule has 4 nitrogen and oxygen atoms in total. The van der Waals surface area contributed by atoms with Gasteiger partial charge in [-0.15, -0.1) is 0 Å². The van der Waals surface area contributed by atoms with Crippen LogP contribution in [-0.4, -0.2) is 36.6 Å². The average Bonchev–Trinajstić information content (AvgIpc) is 2.80. The monoisotopic (exact) mass is 418 g/mol. The second kappa shape index (κ2) is 7.50. The lowest BCUT2D eigenvalue weighted by Crippen LogP contribution is -2.41. The minimum Gasteiger partial charge on any atom is -0.400 e. The van der Waals surface area contributed by atoms with Crippen LogP contribution >= 0.6 is 0 Å². The van der Waals surface area contributed by atoms with Gasteiger partial charge in [0.1, 0.15) is 0 Å². The highest BCUT2D eigenvalue weighted by Gasteiger charge is 2.57. The summed E-state index contributed by atoms with van der Waals surface area (Å²) in [6.45, 7) is 29.9. The van der Waals surface area contributed by atoms with Crippen LogP contribution in [0.25, 0.3) is 0 Å². The molecule has 0 saturated carbocycles. The van der Waals surface area contributed by atoms with Gasteiger partial charge in [0.05, 0.1) is 22.4 Å². The van der Waals surface area contributed by atoms with Crippen molar-refractivity contribution >= 4 is 14.2 Å². The summed E-state index contributed by atoms with van der Waals surface area (Å²) < 4.78 is 26.0. The summed E-state index contributed by atoms with van der Waals surface area (Å²) in [6.07, 6.45) is 4.37. The smallest absolute Gasteiger partial charge is 0.400 e. The van der Waals surface area contributed by atoms with Crippen molar-refractivity contribution in [3.63, 3.8) is 0 Å². The Kier molecular flexibility index (Phi) is 6.43. The zero-order valence-electron chi connectivity index (χ0n) is 21.9. The molecule has 0 atom stereocenters. The molecule has 2 rings (SSSR count). The van der Waals surface area contributed by atoms with Crippen LogP contribution in [0.2, 0.25) is 0 Å². The molecule has 0 N–H and O–H groups in total. The van der Waals surface area contributed by atoms with E-state index in [2.05, 4.69) is 109 Å². The molecular weight excluding hydrogens is 374 g/mol. The normalized spacial score (nSPS) is 26.5. The molecular formula is C24H44B2O4. The summed E-state index contributed by atoms with van der Waals surface area (Å²) in [5.74, 6) is 0. The second-order valence-corrected chi connectivity index (χ2v) is 13.0. The molecule has 0 radical (unpaired) electrons. The maximum atomic E-state index is 6.50. The summed E-state index contributed by atoms with van der Waals surface area (Å²) in [4.78, 5) is 0. The van der Waals surface area contributed by atoms with E-state index < -0.39 is 36.6 Å². The van der Waals surface area contributed by atoms with Gasteiger partial charge in [0.2, 0.25) is 0 Å². The summed E-state index contributed by atoms with van der Waals surface area (Å²) in [5, 5.41) is 0. The predicted molar refractivity (Wildman–Crippen MR) is 127 cm³/mol. The maximum absolute atomic E-state index is 6.50. The molecule has 2 saturated heterocycles. The largest absolute Gasteiger partial charge is 0.494 e. The third-order valence-electron chi connectivity index (χ3n) is 6.88. The summed E-state index contributed by atoms with van der Waals surface area (Å²) in [5.41, 5.74) is 0.214. The molecule has 2 aliphatic rings. The van der Waals surface area contributed by atoms with Gasteiger partial charge < -0.3 is 18.6 Å². The van der Waals surface area contributed by atoms with E-state index in [1.165, 1.54) is 0 Å². The van der Waals surface area contributed by atoms with E-state index in [0.29, 0.717) is 0 Å². The van der Waals surface area contributed by atoms with Crippen molar-refractivity contribution in [3.8, 4) is 0 Å². The van der Waals surface area contributed by atoms with Crippen LogP contribution in [0.5, 0.6) is 0 Å². The first kappa shape index (κ1) is 25.7. The Hall–Kier alpha value is -0.550. The van der Waals surface area contributed by atoms with Crippen molar-refractivity contribution in [2.24, 2.45) is 10.8 Å². The Morgan fingerprint density at radius 2 is 0.933 bits per heavy atom. The van der Waals surface area contributed by atoms with Crippen LogP contribution in [0.4, 0.5) is 0 Å². The van der Waals surface area contributed by atoms with E-state index in [1.807, 2.05) is 0 Å². The van der Waals surface area contributed by atoms with Crippen LogP contribution in [0.3, 0.4) is 0 Å². The third kappa shape index (κ3) is 5.09. The van der Waals surface area contributed by atoms with Gasteiger partial charge in [-0.2, -0.15) is 0 Å². The molecule has 0 bridgehead atoms. The Labute approximate surface area is 186 Å². The molecule has 6 heteroatoms. The topological polar surface area (TPSA) is 36.9 Å². The molecule has 30 heavy (non-hydrogen) atoms. The first-order valence-corrected chi connectivity index (χ1v) is 11.2. The molecule has 2 aliphatic heterocycles. The fourth-order valence-electron chi connectivity index (χ4n) is 3.49. The molecule has 0 spiro atoms. The zero-order valence-corrected chi connectivity index (χ0v) is 21.9. The van der Waals surface area contributed by atoms with Gasteiger partial charge in [-0.25, -0.2) is 0 Å². The van der Waals surface area contributed by atoms with E-state index in [1.54, 1.807) is 0 Å². The molecule has 2 fully saturated rings. The molecule has 0 aliphatic carbocycles. The van der Waals surface area contributed by atoms with Crippen LogP contribution in [0.15, 0.2) is 23.1 Å². The standard InChI is InChI=1S/C24H44B2O4/c1-19(2,3)16-15-17(25-27-21(7,8)22(9,10)28-25)18(20(4,5)6)26-29-23(11,12)24(13,14)30-26/h15-16H,1-14H3/b16-15+,18-17+. The lowest BCUT2D eigenvalue weighted by atomic mass is 9.56. The molecule has 0 aromatic rings. The summed E-state index contributed by atoms with van der Waals surface area (Å²) in [7, 11) is -0.949. The molecule has 0 amide bonds. The number of hydrogen-bond acceptors (Lipinski definition) is 4. The molecule has 0 aromatic heterocycles. The van der Waals surface area contributed by atoms with Gasteiger partial charge >= 0.3 is 14.2 Å². The number of allylic oxidation sites excluding steroid dienone is 4. The molecule has 170 valence electrons. The van der Waals surface area contributed by atoms with Gasteiger partial charge in [0.15, 0.2) is 0 Å². The highest BCUT2D eigenvalue weighted by atomic mass is 16.7. The van der Waals surface area contributed by atoms with Crippen LogP contribution < -0.4 is 0 Å². The van der Waals surface area contributed by atoms with Crippen molar-refractivity contribution in [1.29, 1.82) is 0 Å². The van der Waals surface area contributed by atoms with E-state index >= 15 is 0 Å². The quantitative estimate of drug-likeness (QED) is 0.404. The summed E-state index contributed by atoms with van der Waals surface area (Å²) in [6, 6.07) is 0. The van der Waals surface area contributed by atoms with Crippen molar-refractivity contribution < 1.29 is 18.6 Å². The van der Waals surface area contributed by atoms with Crippen molar-refractivity contribution in [2.75, 3.05) is 0 Å². The van der Waals surface area contributed by atoms with Gasteiger partial charge in [0.25, 0.3) is 0 Å². The van der Waals surface area contributed by atoms with Crippen LogP contribution in [0, 0.1) is 10.8 Å². The van der Waals surface area contributed by atoms with E-state index in [4.69, 9.17) is 18.6 Å². The Bertz CT molecular complexity index is 686. The lowest BCUT2D eigenvalue weighted by molar-refractivity contribution is 0.00578. The first-order chi connectivity index (χ1) is 13.1. The molecule has 0 unspecified atom stereocenters. The Morgan fingerprint density at radius 3 is 1.23 bits per heavy atom. The highest BCUT2D eigenvalue weighted by molar-refractivity contribution is 6.63. The van der Waals surface area contributed by atoms with Crippen molar-refractivity contribution in [2.45, 2.75) is 119 Å². The van der Waals surface area contributed by atoms with Crippen molar-refractivity contribution in [1.82, 2.24) is 0 Å². The number of rotatable bonds is 3. The van der Waals surface area contributed by atoms with Gasteiger partial charge in [-0.3, -0.25) is 0 Å². The fraction of sp³-hybridized carbons (Fsp3) is 0.833. The lowest BCUT2D eigenvalue weighted by Gasteiger charge is -2.32. The Balaban J connectivity index is 2.68. The fourth-order valence-corrected chi connectivity index (χ4v) is 3.49. The van der Waals surface area contributed by atoms with E-state index in [0.717, 1.165) is 10.9 Å². The van der Waals surface area contributed by atoms with E-state index in [9.17, 15) is 0 Å². The van der Waals surface area contributed by atoms with Crippen LogP contribution in [-0.2, 0) is 18.6 Å². The SMILES string of the molecule is CC(C)(C)/C=C/C(B1OC(C)(C)C(C)(C)O1)=C(\B1OC(C)(C)C(C)(C)O1)C(C)(C)C. The van der Waals surface area contributed by atoms with Crippen molar-refractivity contribution in [3.05, 3.63) is 23.1 Å². The van der Waals surface area contributed by atoms with Crippen LogP contribution in [0.1, 0.15) is 96.9 Å². The first-order valence-electron chi connectivity index (χ1n) is 11.2. The van der Waals surface area contributed by atoms with Gasteiger partial charge in [-0.1, -0.05) is 53.7 Å². The van der Waals surface area contributed by atoms with E-state index in [-0.39, 0.29) is 10.8 Å². The highest BCUT2D eigenvalue weighted by Crippen LogP contribution is 2.46. The molecule has 0 aromatic carbocycles. The Morgan fingerprint density at radius 1 is 0.600 bits per heavy atom. The molecule has 2 heterocycles. The minimum absolute atomic E-state index is 0.0216. The zero-order chi connectivity index (χ0) is 23.6. The average molecular weight is 418 g/mol. The maximum Gasteiger partial charge on any atom is 0.494 e.